The normalized spacial score (nSPS) is 12.2. The molecule has 0 bridgehead atoms. The van der Waals surface area contributed by atoms with E-state index >= 15 is 0 Å². The molecule has 0 aliphatic rings. The summed E-state index contributed by atoms with van der Waals surface area (Å²) in [4.78, 5) is 4.26. The summed E-state index contributed by atoms with van der Waals surface area (Å²) in [5.74, 6) is 0. The van der Waals surface area contributed by atoms with Crippen LogP contribution >= 0.6 is 0 Å². The number of hydrogen-bond donors (Lipinski definition) is 3. The highest BCUT2D eigenvalue weighted by Crippen LogP contribution is 2.25. The maximum Gasteiger partial charge on any atom is 0.261 e. The zero-order valence-electron chi connectivity index (χ0n) is 14.4. The standard InChI is InChI=1S/C17H18N4O4S2/c1-19-11-13-6-5-12-3-2-4-16(17(12)20-13)21-27(24,25)15-9-7-14(8-10-15)26(18,22)23/h2-10,19,21H,11H2,1H3,(H2,18,22,23). The quantitative estimate of drug-likeness (QED) is 0.567. The van der Waals surface area contributed by atoms with Gasteiger partial charge in [0.15, 0.2) is 0 Å². The number of rotatable bonds is 6. The average Bonchev–Trinajstić information content (AvgIpc) is 2.62. The van der Waals surface area contributed by atoms with E-state index in [0.717, 1.165) is 23.2 Å². The fourth-order valence-corrected chi connectivity index (χ4v) is 4.14. The van der Waals surface area contributed by atoms with Crippen molar-refractivity contribution in [1.29, 1.82) is 0 Å². The highest BCUT2D eigenvalue weighted by atomic mass is 32.2. The van der Waals surface area contributed by atoms with E-state index in [9.17, 15) is 16.8 Å². The van der Waals surface area contributed by atoms with Crippen LogP contribution in [-0.2, 0) is 26.6 Å². The summed E-state index contributed by atoms with van der Waals surface area (Å²) in [5.41, 5.74) is 1.63. The van der Waals surface area contributed by atoms with Gasteiger partial charge in [-0.05, 0) is 43.4 Å². The first-order chi connectivity index (χ1) is 12.7. The Bertz CT molecular complexity index is 1190. The number of benzene rings is 2. The van der Waals surface area contributed by atoms with Crippen LogP contribution in [0.4, 0.5) is 5.69 Å². The van der Waals surface area contributed by atoms with E-state index in [1.165, 1.54) is 12.1 Å². The first-order valence-corrected chi connectivity index (χ1v) is 10.9. The van der Waals surface area contributed by atoms with Gasteiger partial charge in [0.1, 0.15) is 0 Å². The van der Waals surface area contributed by atoms with Crippen LogP contribution in [-0.4, -0.2) is 28.9 Å². The topological polar surface area (TPSA) is 131 Å². The maximum atomic E-state index is 12.7. The zero-order valence-corrected chi connectivity index (χ0v) is 16.0. The summed E-state index contributed by atoms with van der Waals surface area (Å²) >= 11 is 0. The Balaban J connectivity index is 1.99. The van der Waals surface area contributed by atoms with Crippen molar-refractivity contribution in [3.8, 4) is 0 Å². The van der Waals surface area contributed by atoms with Crippen LogP contribution in [0, 0.1) is 0 Å². The monoisotopic (exact) mass is 406 g/mol. The molecule has 0 saturated carbocycles. The van der Waals surface area contributed by atoms with Crippen LogP contribution in [0.2, 0.25) is 0 Å². The number of sulfonamides is 2. The number of primary sulfonamides is 1. The number of pyridine rings is 1. The van der Waals surface area contributed by atoms with Gasteiger partial charge in [-0.2, -0.15) is 0 Å². The summed E-state index contributed by atoms with van der Waals surface area (Å²) in [5, 5.41) is 8.82. The molecular weight excluding hydrogens is 388 g/mol. The molecule has 3 rings (SSSR count). The van der Waals surface area contributed by atoms with E-state index in [0.29, 0.717) is 17.7 Å². The van der Waals surface area contributed by atoms with Gasteiger partial charge in [-0.15, -0.1) is 0 Å². The van der Waals surface area contributed by atoms with E-state index in [1.54, 1.807) is 19.2 Å². The predicted octanol–water partition coefficient (Wildman–Crippen LogP) is 1.40. The van der Waals surface area contributed by atoms with Gasteiger partial charge in [-0.25, -0.2) is 27.0 Å². The largest absolute Gasteiger partial charge is 0.314 e. The van der Waals surface area contributed by atoms with Gasteiger partial charge >= 0.3 is 0 Å². The smallest absolute Gasteiger partial charge is 0.261 e. The Morgan fingerprint density at radius 2 is 1.59 bits per heavy atom. The molecule has 10 heteroatoms. The number of hydrogen-bond acceptors (Lipinski definition) is 6. The van der Waals surface area contributed by atoms with Crippen LogP contribution in [0.5, 0.6) is 0 Å². The number of anilines is 1. The van der Waals surface area contributed by atoms with Crippen LogP contribution in [0.3, 0.4) is 0 Å². The van der Waals surface area contributed by atoms with Gasteiger partial charge in [0.05, 0.1) is 26.7 Å². The van der Waals surface area contributed by atoms with Crippen molar-refractivity contribution in [3.63, 3.8) is 0 Å². The number of fused-ring (bicyclic) bond motifs is 1. The van der Waals surface area contributed by atoms with Gasteiger partial charge in [-0.3, -0.25) is 4.72 Å². The molecular formula is C17H18N4O4S2. The van der Waals surface area contributed by atoms with Crippen molar-refractivity contribution in [1.82, 2.24) is 10.3 Å². The molecule has 0 aliphatic heterocycles. The Morgan fingerprint density at radius 3 is 2.22 bits per heavy atom. The molecule has 2 aromatic carbocycles. The number of aromatic nitrogens is 1. The summed E-state index contributed by atoms with van der Waals surface area (Å²) in [6, 6.07) is 13.6. The zero-order chi connectivity index (χ0) is 19.7. The fourth-order valence-electron chi connectivity index (χ4n) is 2.56. The SMILES string of the molecule is CNCc1ccc2cccc(NS(=O)(=O)c3ccc(S(N)(=O)=O)cc3)c2n1. The summed E-state index contributed by atoms with van der Waals surface area (Å²) in [6.45, 7) is 0.548. The minimum absolute atomic E-state index is 0.0849. The van der Waals surface area contributed by atoms with E-state index in [-0.39, 0.29) is 9.79 Å². The first-order valence-electron chi connectivity index (χ1n) is 7.90. The molecule has 1 heterocycles. The molecule has 8 nitrogen and oxygen atoms in total. The van der Waals surface area contributed by atoms with E-state index in [2.05, 4.69) is 15.0 Å². The highest BCUT2D eigenvalue weighted by molar-refractivity contribution is 7.92. The first kappa shape index (κ1) is 19.2. The summed E-state index contributed by atoms with van der Waals surface area (Å²) < 4.78 is 50.5. The second kappa shape index (κ2) is 7.24. The van der Waals surface area contributed by atoms with Gasteiger partial charge in [0, 0.05) is 11.9 Å². The van der Waals surface area contributed by atoms with E-state index < -0.39 is 20.0 Å². The minimum atomic E-state index is -3.93. The molecule has 0 spiro atoms. The van der Waals surface area contributed by atoms with Crippen LogP contribution in [0.1, 0.15) is 5.69 Å². The lowest BCUT2D eigenvalue weighted by molar-refractivity contribution is 0.595. The third-order valence-corrected chi connectivity index (χ3v) is 6.15. The van der Waals surface area contributed by atoms with E-state index in [1.807, 2.05) is 18.2 Å². The fraction of sp³-hybridized carbons (Fsp3) is 0.118. The molecule has 0 amide bonds. The lowest BCUT2D eigenvalue weighted by Crippen LogP contribution is -2.15. The van der Waals surface area contributed by atoms with Crippen molar-refractivity contribution >= 4 is 36.6 Å². The number of nitrogens with two attached hydrogens (primary N) is 1. The molecule has 0 atom stereocenters. The maximum absolute atomic E-state index is 12.7. The Hall–Kier alpha value is -2.53. The molecule has 142 valence electrons. The highest BCUT2D eigenvalue weighted by Gasteiger charge is 2.17. The third kappa shape index (κ3) is 4.25. The van der Waals surface area contributed by atoms with Crippen molar-refractivity contribution in [3.05, 3.63) is 60.3 Å². The van der Waals surface area contributed by atoms with Gasteiger partial charge in [0.2, 0.25) is 10.0 Å². The third-order valence-electron chi connectivity index (χ3n) is 3.84. The van der Waals surface area contributed by atoms with Crippen molar-refractivity contribution in [2.75, 3.05) is 11.8 Å². The molecule has 27 heavy (non-hydrogen) atoms. The number of nitrogens with one attached hydrogen (secondary N) is 2. The van der Waals surface area contributed by atoms with Crippen molar-refractivity contribution in [2.45, 2.75) is 16.3 Å². The lowest BCUT2D eigenvalue weighted by Gasteiger charge is -2.11. The minimum Gasteiger partial charge on any atom is -0.314 e. The van der Waals surface area contributed by atoms with Crippen molar-refractivity contribution < 1.29 is 16.8 Å². The second-order valence-electron chi connectivity index (χ2n) is 5.83. The molecule has 3 aromatic rings. The lowest BCUT2D eigenvalue weighted by atomic mass is 10.2. The molecule has 0 radical (unpaired) electrons. The molecule has 1 aromatic heterocycles. The second-order valence-corrected chi connectivity index (χ2v) is 9.08. The molecule has 0 saturated heterocycles. The number of para-hydroxylation sites is 1. The van der Waals surface area contributed by atoms with E-state index in [4.69, 9.17) is 5.14 Å². The van der Waals surface area contributed by atoms with Crippen LogP contribution in [0.25, 0.3) is 10.9 Å². The summed E-state index contributed by atoms with van der Waals surface area (Å²) in [7, 11) is -6.03. The van der Waals surface area contributed by atoms with Crippen LogP contribution < -0.4 is 15.2 Å². The van der Waals surface area contributed by atoms with Crippen LogP contribution in [0.15, 0.2) is 64.4 Å². The van der Waals surface area contributed by atoms with Gasteiger partial charge in [0.25, 0.3) is 10.0 Å². The Kier molecular flexibility index (Phi) is 5.16. The molecule has 0 unspecified atom stereocenters. The molecule has 4 N–H and O–H groups in total. The van der Waals surface area contributed by atoms with Crippen molar-refractivity contribution in [2.24, 2.45) is 5.14 Å². The molecule has 0 fully saturated rings. The number of nitrogens with zero attached hydrogens (tertiary/aromatic N) is 1. The average molecular weight is 406 g/mol. The Morgan fingerprint density at radius 1 is 0.926 bits per heavy atom. The predicted molar refractivity (Wildman–Crippen MR) is 103 cm³/mol. The van der Waals surface area contributed by atoms with Gasteiger partial charge < -0.3 is 5.32 Å². The summed E-state index contributed by atoms with van der Waals surface area (Å²) in [6.07, 6.45) is 0. The Labute approximate surface area is 157 Å². The van der Waals surface area contributed by atoms with Gasteiger partial charge in [-0.1, -0.05) is 18.2 Å². The molecule has 0 aliphatic carbocycles.